The summed E-state index contributed by atoms with van der Waals surface area (Å²) in [4.78, 5) is 0. The fourth-order valence-corrected chi connectivity index (χ4v) is 1.81. The van der Waals surface area contributed by atoms with E-state index < -0.39 is 0 Å². The van der Waals surface area contributed by atoms with Gasteiger partial charge >= 0.3 is 72.2 Å². The van der Waals surface area contributed by atoms with E-state index in [1.54, 1.807) is 0 Å². The van der Waals surface area contributed by atoms with Gasteiger partial charge in [-0.15, -0.1) is 0 Å². The quantitative estimate of drug-likeness (QED) is 0.514. The Balaban J connectivity index is 2.59. The van der Waals surface area contributed by atoms with E-state index in [1.165, 1.54) is 11.1 Å². The third-order valence-corrected chi connectivity index (χ3v) is 2.59. The van der Waals surface area contributed by atoms with Crippen molar-refractivity contribution in [3.63, 3.8) is 0 Å². The van der Waals surface area contributed by atoms with Crippen LogP contribution in [0.25, 0.3) is 6.08 Å². The average molecular weight is 163 g/mol. The minimum atomic E-state index is 0.621. The van der Waals surface area contributed by atoms with Crippen LogP contribution in [0.15, 0.2) is 30.3 Å². The second-order valence-electron chi connectivity index (χ2n) is 2.47. The molecule has 0 aliphatic heterocycles. The van der Waals surface area contributed by atoms with E-state index in [9.17, 15) is 0 Å². The molecule has 0 saturated heterocycles. The summed E-state index contributed by atoms with van der Waals surface area (Å²) in [5.74, 6) is 0. The fraction of sp³-hybridized carbons (Fsp3) is 0.111. The standard InChI is InChI=1S/C9H7.Ti/c1-2-5-9-7-3-6-8(9)4-1;/h1-7H;. The molecule has 1 aliphatic carbocycles. The molecule has 1 aromatic carbocycles. The molecular weight excluding hydrogens is 156 g/mol. The van der Waals surface area contributed by atoms with Crippen molar-refractivity contribution in [1.29, 1.82) is 0 Å². The molecule has 47 valence electrons. The molecule has 1 heteroatoms. The predicted octanol–water partition coefficient (Wildman–Crippen LogP) is 2.30. The summed E-state index contributed by atoms with van der Waals surface area (Å²) in [5.41, 5.74) is 2.84. The third kappa shape index (κ3) is 0.883. The predicted molar refractivity (Wildman–Crippen MR) is 38.2 cm³/mol. The van der Waals surface area contributed by atoms with Crippen LogP contribution in [0.5, 0.6) is 0 Å². The molecule has 0 heterocycles. The molecule has 1 aromatic rings. The van der Waals surface area contributed by atoms with Crippen LogP contribution in [-0.2, 0) is 20.4 Å². The van der Waals surface area contributed by atoms with Crippen LogP contribution >= 0.6 is 0 Å². The first-order valence-corrected chi connectivity index (χ1v) is 4.26. The first-order chi connectivity index (χ1) is 4.88. The summed E-state index contributed by atoms with van der Waals surface area (Å²) in [6.45, 7) is 0. The minimum absolute atomic E-state index is 0.621. The van der Waals surface area contributed by atoms with E-state index in [4.69, 9.17) is 0 Å². The summed E-state index contributed by atoms with van der Waals surface area (Å²) in [6.07, 6.45) is 4.44. The maximum absolute atomic E-state index is 2.24. The molecule has 0 amide bonds. The Kier molecular flexibility index (Phi) is 1.52. The van der Waals surface area contributed by atoms with Crippen molar-refractivity contribution in [2.45, 2.75) is 4.22 Å². The third-order valence-electron chi connectivity index (χ3n) is 1.80. The van der Waals surface area contributed by atoms with Crippen LogP contribution in [0, 0.1) is 0 Å². The molecule has 0 radical (unpaired) electrons. The second kappa shape index (κ2) is 2.37. The Hall–Kier alpha value is -0.326. The van der Waals surface area contributed by atoms with E-state index in [0.29, 0.717) is 4.22 Å². The molecule has 0 spiro atoms. The normalized spacial score (nSPS) is 20.9. The Morgan fingerprint density at radius 3 is 2.80 bits per heavy atom. The molecule has 0 saturated carbocycles. The molecule has 0 aromatic heterocycles. The molecule has 0 nitrogen and oxygen atoms in total. The van der Waals surface area contributed by atoms with Crippen LogP contribution in [0.4, 0.5) is 0 Å². The Morgan fingerprint density at radius 1 is 1.20 bits per heavy atom. The van der Waals surface area contributed by atoms with Gasteiger partial charge in [0.1, 0.15) is 0 Å². The monoisotopic (exact) mass is 163 g/mol. The van der Waals surface area contributed by atoms with Gasteiger partial charge in [-0.05, 0) is 0 Å². The van der Waals surface area contributed by atoms with Crippen molar-refractivity contribution in [1.82, 2.24) is 0 Å². The van der Waals surface area contributed by atoms with Gasteiger partial charge in [0, 0.05) is 0 Å². The summed E-state index contributed by atoms with van der Waals surface area (Å²) >= 11 is 2.22. The van der Waals surface area contributed by atoms with Gasteiger partial charge in [-0.1, -0.05) is 0 Å². The van der Waals surface area contributed by atoms with Crippen molar-refractivity contribution < 1.29 is 20.4 Å². The maximum atomic E-state index is 2.24. The zero-order chi connectivity index (χ0) is 6.97. The van der Waals surface area contributed by atoms with Gasteiger partial charge in [0.2, 0.25) is 0 Å². The van der Waals surface area contributed by atoms with E-state index in [1.807, 2.05) is 0 Å². The molecule has 1 unspecified atom stereocenters. The number of fused-ring (bicyclic) bond motifs is 1. The van der Waals surface area contributed by atoms with Crippen LogP contribution < -0.4 is 0 Å². The van der Waals surface area contributed by atoms with Crippen molar-refractivity contribution in [3.8, 4) is 0 Å². The number of hydrogen-bond donors (Lipinski definition) is 0. The Morgan fingerprint density at radius 2 is 2.00 bits per heavy atom. The Labute approximate surface area is 72.4 Å². The topological polar surface area (TPSA) is 0 Å². The van der Waals surface area contributed by atoms with Crippen LogP contribution in [0.1, 0.15) is 15.3 Å². The zero-order valence-electron chi connectivity index (χ0n) is 5.54. The van der Waals surface area contributed by atoms with Crippen molar-refractivity contribution in [2.75, 3.05) is 0 Å². The molecule has 0 N–H and O–H groups in total. The summed E-state index contributed by atoms with van der Waals surface area (Å²) < 4.78 is 0.621. The van der Waals surface area contributed by atoms with E-state index in [-0.39, 0.29) is 0 Å². The molecule has 10 heavy (non-hydrogen) atoms. The molecular formula is C9H7Ti. The number of benzene rings is 1. The van der Waals surface area contributed by atoms with E-state index in [2.05, 4.69) is 56.9 Å². The SMILES string of the molecule is [Ti][CH]1C=Cc2ccccc21. The van der Waals surface area contributed by atoms with Gasteiger partial charge in [0.25, 0.3) is 0 Å². The average Bonchev–Trinajstić information content (AvgIpc) is 2.34. The number of hydrogen-bond acceptors (Lipinski definition) is 0. The molecule has 1 aliphatic rings. The van der Waals surface area contributed by atoms with E-state index in [0.717, 1.165) is 0 Å². The van der Waals surface area contributed by atoms with Gasteiger partial charge < -0.3 is 0 Å². The van der Waals surface area contributed by atoms with Crippen molar-refractivity contribution in [3.05, 3.63) is 41.5 Å². The van der Waals surface area contributed by atoms with Gasteiger partial charge in [-0.3, -0.25) is 0 Å². The van der Waals surface area contributed by atoms with Crippen LogP contribution in [-0.4, -0.2) is 0 Å². The first kappa shape index (κ1) is 6.39. The summed E-state index contributed by atoms with van der Waals surface area (Å²) in [5, 5.41) is 0. The van der Waals surface area contributed by atoms with Crippen molar-refractivity contribution >= 4 is 6.08 Å². The van der Waals surface area contributed by atoms with Crippen molar-refractivity contribution in [2.24, 2.45) is 0 Å². The van der Waals surface area contributed by atoms with Gasteiger partial charge in [-0.25, -0.2) is 0 Å². The first-order valence-electron chi connectivity index (χ1n) is 3.36. The van der Waals surface area contributed by atoms with Gasteiger partial charge in [-0.2, -0.15) is 0 Å². The fourth-order valence-electron chi connectivity index (χ4n) is 1.25. The molecule has 1 atom stereocenters. The molecule has 0 fully saturated rings. The second-order valence-corrected chi connectivity index (χ2v) is 3.44. The number of allylic oxidation sites excluding steroid dienone is 1. The molecule has 0 bridgehead atoms. The van der Waals surface area contributed by atoms with Crippen LogP contribution in [0.3, 0.4) is 0 Å². The van der Waals surface area contributed by atoms with Crippen LogP contribution in [0.2, 0.25) is 0 Å². The summed E-state index contributed by atoms with van der Waals surface area (Å²) in [7, 11) is 0. The number of rotatable bonds is 0. The van der Waals surface area contributed by atoms with Gasteiger partial charge in [0.05, 0.1) is 0 Å². The zero-order valence-corrected chi connectivity index (χ0v) is 7.10. The Bertz CT molecular complexity index is 276. The molecule has 2 rings (SSSR count). The summed E-state index contributed by atoms with van der Waals surface area (Å²) in [6, 6.07) is 8.54. The van der Waals surface area contributed by atoms with E-state index >= 15 is 0 Å². The van der Waals surface area contributed by atoms with Gasteiger partial charge in [0.15, 0.2) is 0 Å².